The van der Waals surface area contributed by atoms with E-state index in [9.17, 15) is 0 Å². The topological polar surface area (TPSA) is 50.4 Å². The third-order valence-corrected chi connectivity index (χ3v) is 2.65. The summed E-state index contributed by atoms with van der Waals surface area (Å²) < 4.78 is 0. The molecule has 0 radical (unpaired) electrons. The number of hydrogen-bond donors (Lipinski definition) is 2. The minimum absolute atomic E-state index is 0.324. The average Bonchev–Trinajstić information content (AvgIpc) is 3.02. The lowest BCUT2D eigenvalue weighted by Gasteiger charge is -2.14. The fourth-order valence-corrected chi connectivity index (χ4v) is 1.71. The highest BCUT2D eigenvalue weighted by atomic mass is 15.1. The van der Waals surface area contributed by atoms with Gasteiger partial charge in [-0.05, 0) is 31.7 Å². The lowest BCUT2D eigenvalue weighted by Crippen LogP contribution is -2.39. The molecule has 1 fully saturated rings. The first-order valence-electron chi connectivity index (χ1n) is 5.88. The summed E-state index contributed by atoms with van der Waals surface area (Å²) in [5.41, 5.74) is 7.13. The summed E-state index contributed by atoms with van der Waals surface area (Å²) in [6.07, 6.45) is 3.35. The van der Waals surface area contributed by atoms with E-state index in [2.05, 4.69) is 41.5 Å². The summed E-state index contributed by atoms with van der Waals surface area (Å²) in [6, 6.07) is 11.2. The van der Waals surface area contributed by atoms with Crippen LogP contribution in [0.25, 0.3) is 0 Å². The molecule has 16 heavy (non-hydrogen) atoms. The van der Waals surface area contributed by atoms with Crippen molar-refractivity contribution in [1.82, 2.24) is 5.32 Å². The maximum Gasteiger partial charge on any atom is 0.189 e. The van der Waals surface area contributed by atoms with Crippen molar-refractivity contribution < 1.29 is 0 Å². The van der Waals surface area contributed by atoms with Gasteiger partial charge in [-0.25, -0.2) is 0 Å². The van der Waals surface area contributed by atoms with Crippen LogP contribution >= 0.6 is 0 Å². The van der Waals surface area contributed by atoms with E-state index in [1.807, 2.05) is 6.07 Å². The van der Waals surface area contributed by atoms with E-state index in [4.69, 9.17) is 5.73 Å². The minimum Gasteiger partial charge on any atom is -0.370 e. The maximum atomic E-state index is 5.81. The Hall–Kier alpha value is -1.51. The Kier molecular flexibility index (Phi) is 3.44. The zero-order valence-electron chi connectivity index (χ0n) is 9.69. The van der Waals surface area contributed by atoms with Crippen molar-refractivity contribution in [3.8, 4) is 0 Å². The van der Waals surface area contributed by atoms with Gasteiger partial charge in [-0.15, -0.1) is 0 Å². The molecule has 3 N–H and O–H groups in total. The maximum absolute atomic E-state index is 5.81. The highest BCUT2D eigenvalue weighted by Crippen LogP contribution is 2.22. The second-order valence-electron chi connectivity index (χ2n) is 4.48. The predicted octanol–water partition coefficient (Wildman–Crippen LogP) is 1.68. The van der Waals surface area contributed by atoms with E-state index >= 15 is 0 Å². The summed E-state index contributed by atoms with van der Waals surface area (Å²) in [7, 11) is 0. The average molecular weight is 217 g/mol. The first-order chi connectivity index (χ1) is 7.74. The van der Waals surface area contributed by atoms with Gasteiger partial charge in [0.05, 0.1) is 6.04 Å². The van der Waals surface area contributed by atoms with E-state index in [1.165, 1.54) is 18.4 Å². The fourth-order valence-electron chi connectivity index (χ4n) is 1.71. The molecule has 0 spiro atoms. The van der Waals surface area contributed by atoms with Crippen LogP contribution < -0.4 is 11.1 Å². The van der Waals surface area contributed by atoms with Crippen LogP contribution in [0.2, 0.25) is 0 Å². The van der Waals surface area contributed by atoms with Gasteiger partial charge in [0.15, 0.2) is 5.96 Å². The van der Waals surface area contributed by atoms with Crippen LogP contribution in [0, 0.1) is 0 Å². The van der Waals surface area contributed by atoms with E-state index in [0.29, 0.717) is 18.0 Å². The number of benzene rings is 1. The van der Waals surface area contributed by atoms with Crippen LogP contribution in [0.4, 0.5) is 0 Å². The summed E-state index contributed by atoms with van der Waals surface area (Å²) in [4.78, 5) is 4.35. The molecule has 1 aliphatic carbocycles. The third kappa shape index (κ3) is 3.57. The van der Waals surface area contributed by atoms with E-state index in [0.717, 1.165) is 6.42 Å². The number of aliphatic imine (C=N–C) groups is 1. The number of rotatable bonds is 4. The van der Waals surface area contributed by atoms with Gasteiger partial charge in [-0.3, -0.25) is 4.99 Å². The Morgan fingerprint density at radius 2 is 2.12 bits per heavy atom. The standard InChI is InChI=1S/C13H19N3/c1-10(9-11-5-3-2-4-6-11)15-13(14)16-12-7-8-12/h2-6,10,12H,7-9H2,1H3,(H3,14,15,16). The van der Waals surface area contributed by atoms with Gasteiger partial charge in [-0.2, -0.15) is 0 Å². The molecule has 0 bridgehead atoms. The number of nitrogens with zero attached hydrogens (tertiary/aromatic N) is 1. The van der Waals surface area contributed by atoms with Gasteiger partial charge in [0.1, 0.15) is 0 Å². The smallest absolute Gasteiger partial charge is 0.189 e. The van der Waals surface area contributed by atoms with Crippen LogP contribution in [0.1, 0.15) is 25.3 Å². The number of nitrogens with one attached hydrogen (secondary N) is 1. The van der Waals surface area contributed by atoms with Crippen molar-refractivity contribution in [2.24, 2.45) is 10.7 Å². The third-order valence-electron chi connectivity index (χ3n) is 2.65. The molecule has 1 aromatic rings. The van der Waals surface area contributed by atoms with Crippen LogP contribution in [-0.2, 0) is 6.42 Å². The van der Waals surface area contributed by atoms with E-state index < -0.39 is 0 Å². The second-order valence-corrected chi connectivity index (χ2v) is 4.48. The van der Waals surface area contributed by atoms with Crippen molar-refractivity contribution in [1.29, 1.82) is 0 Å². The molecule has 2 rings (SSSR count). The lowest BCUT2D eigenvalue weighted by molar-refractivity contribution is 0.654. The SMILES string of the molecule is CC(Cc1ccccc1)NC(N)=NC1CC1. The van der Waals surface area contributed by atoms with Crippen molar-refractivity contribution >= 4 is 5.96 Å². The molecular weight excluding hydrogens is 198 g/mol. The number of hydrogen-bond acceptors (Lipinski definition) is 1. The summed E-state index contributed by atoms with van der Waals surface area (Å²) in [6.45, 7) is 2.13. The number of guanidine groups is 1. The van der Waals surface area contributed by atoms with Crippen LogP contribution in [0.5, 0.6) is 0 Å². The Labute approximate surface area is 96.8 Å². The molecule has 0 heterocycles. The minimum atomic E-state index is 0.324. The molecule has 1 unspecified atom stereocenters. The Balaban J connectivity index is 1.81. The second kappa shape index (κ2) is 5.01. The van der Waals surface area contributed by atoms with Gasteiger partial charge in [0.25, 0.3) is 0 Å². The van der Waals surface area contributed by atoms with Crippen molar-refractivity contribution in [3.05, 3.63) is 35.9 Å². The Morgan fingerprint density at radius 3 is 2.75 bits per heavy atom. The molecule has 0 saturated heterocycles. The van der Waals surface area contributed by atoms with Gasteiger partial charge in [0, 0.05) is 6.04 Å². The van der Waals surface area contributed by atoms with E-state index in [1.54, 1.807) is 0 Å². The molecule has 1 aromatic carbocycles. The van der Waals surface area contributed by atoms with Crippen molar-refractivity contribution in [2.45, 2.75) is 38.3 Å². The van der Waals surface area contributed by atoms with Gasteiger partial charge in [0.2, 0.25) is 0 Å². The fraction of sp³-hybridized carbons (Fsp3) is 0.462. The molecule has 1 saturated carbocycles. The molecule has 1 atom stereocenters. The van der Waals surface area contributed by atoms with Gasteiger partial charge < -0.3 is 11.1 Å². The highest BCUT2D eigenvalue weighted by molar-refractivity contribution is 5.78. The lowest BCUT2D eigenvalue weighted by atomic mass is 10.1. The Morgan fingerprint density at radius 1 is 1.44 bits per heavy atom. The van der Waals surface area contributed by atoms with Crippen LogP contribution in [-0.4, -0.2) is 18.0 Å². The predicted molar refractivity (Wildman–Crippen MR) is 67.4 cm³/mol. The zero-order chi connectivity index (χ0) is 11.4. The summed E-state index contributed by atoms with van der Waals surface area (Å²) >= 11 is 0. The van der Waals surface area contributed by atoms with Gasteiger partial charge in [-0.1, -0.05) is 30.3 Å². The van der Waals surface area contributed by atoms with Crippen LogP contribution in [0.3, 0.4) is 0 Å². The Bertz CT molecular complexity index is 355. The molecule has 1 aliphatic rings. The molecule has 3 nitrogen and oxygen atoms in total. The first-order valence-corrected chi connectivity index (χ1v) is 5.88. The normalized spacial score (nSPS) is 18.2. The molecule has 86 valence electrons. The zero-order valence-corrected chi connectivity index (χ0v) is 9.69. The first kappa shape index (κ1) is 11.0. The molecular formula is C13H19N3. The number of nitrogens with two attached hydrogens (primary N) is 1. The summed E-state index contributed by atoms with van der Waals surface area (Å²) in [5, 5.41) is 3.23. The molecule has 0 aliphatic heterocycles. The quantitative estimate of drug-likeness (QED) is 0.595. The van der Waals surface area contributed by atoms with Gasteiger partial charge >= 0.3 is 0 Å². The molecule has 3 heteroatoms. The molecule has 0 amide bonds. The largest absolute Gasteiger partial charge is 0.370 e. The highest BCUT2D eigenvalue weighted by Gasteiger charge is 2.20. The summed E-state index contributed by atoms with van der Waals surface area (Å²) in [5.74, 6) is 0.589. The monoisotopic (exact) mass is 217 g/mol. The van der Waals surface area contributed by atoms with Crippen molar-refractivity contribution in [2.75, 3.05) is 0 Å². The van der Waals surface area contributed by atoms with Crippen molar-refractivity contribution in [3.63, 3.8) is 0 Å². The van der Waals surface area contributed by atoms with Crippen LogP contribution in [0.15, 0.2) is 35.3 Å². The molecule has 0 aromatic heterocycles. The van der Waals surface area contributed by atoms with E-state index in [-0.39, 0.29) is 0 Å².